The van der Waals surface area contributed by atoms with E-state index < -0.39 is 30.0 Å². The van der Waals surface area contributed by atoms with Gasteiger partial charge in [0, 0.05) is 29.6 Å². The minimum atomic E-state index is -1.16. The van der Waals surface area contributed by atoms with Gasteiger partial charge in [-0.15, -0.1) is 11.3 Å². The largest absolute Gasteiger partial charge is 0.462 e. The van der Waals surface area contributed by atoms with Crippen LogP contribution in [0.3, 0.4) is 0 Å². The second-order valence-corrected chi connectivity index (χ2v) is 10.6. The molecule has 1 aliphatic rings. The lowest BCUT2D eigenvalue weighted by Crippen LogP contribution is -2.38. The Balaban J connectivity index is 2.25. The van der Waals surface area contributed by atoms with E-state index in [2.05, 4.69) is 11.1 Å². The molecular formula is C26H39NO5S. The number of aromatic nitrogens is 1. The van der Waals surface area contributed by atoms with E-state index in [0.717, 1.165) is 22.7 Å². The molecule has 2 N–H and O–H groups in total. The normalized spacial score (nSPS) is 34.2. The minimum Gasteiger partial charge on any atom is -0.462 e. The second-order valence-electron chi connectivity index (χ2n) is 9.59. The van der Waals surface area contributed by atoms with Gasteiger partial charge in [-0.1, -0.05) is 51.5 Å². The number of cyclic esters (lactones) is 1. The van der Waals surface area contributed by atoms with Gasteiger partial charge < -0.3 is 14.9 Å². The Morgan fingerprint density at radius 1 is 1.18 bits per heavy atom. The van der Waals surface area contributed by atoms with Gasteiger partial charge >= 0.3 is 5.97 Å². The van der Waals surface area contributed by atoms with Crippen LogP contribution < -0.4 is 0 Å². The zero-order valence-corrected chi connectivity index (χ0v) is 21.5. The van der Waals surface area contributed by atoms with Crippen LogP contribution >= 0.6 is 11.3 Å². The number of esters is 1. The van der Waals surface area contributed by atoms with Gasteiger partial charge in [0.1, 0.15) is 11.9 Å². The SMILES string of the molecule is C/C1=C/CC([C@H](C)Cc2csc(C)n2)OC(=O)C[C@H](O)[C@@H](C)C(=O)[C@H](C)[C@@H](O)[C@@H](C)/C=C/C1. The first-order valence-corrected chi connectivity index (χ1v) is 12.7. The quantitative estimate of drug-likeness (QED) is 0.494. The molecule has 33 heavy (non-hydrogen) atoms. The van der Waals surface area contributed by atoms with Crippen LogP contribution in [0.1, 0.15) is 64.6 Å². The molecule has 6 nitrogen and oxygen atoms in total. The molecule has 2 heterocycles. The maximum absolute atomic E-state index is 12.8. The minimum absolute atomic E-state index is 0.0420. The van der Waals surface area contributed by atoms with Crippen molar-refractivity contribution in [2.24, 2.45) is 23.7 Å². The van der Waals surface area contributed by atoms with Gasteiger partial charge in [0.25, 0.3) is 0 Å². The number of thiazole rings is 1. The van der Waals surface area contributed by atoms with Crippen molar-refractivity contribution >= 4 is 23.1 Å². The van der Waals surface area contributed by atoms with Gasteiger partial charge in [-0.2, -0.15) is 0 Å². The lowest BCUT2D eigenvalue weighted by atomic mass is 9.83. The number of aryl methyl sites for hydroxylation is 1. The van der Waals surface area contributed by atoms with Crippen LogP contribution in [0, 0.1) is 30.6 Å². The maximum Gasteiger partial charge on any atom is 0.308 e. The molecule has 0 spiro atoms. The molecule has 1 unspecified atom stereocenters. The summed E-state index contributed by atoms with van der Waals surface area (Å²) >= 11 is 1.60. The molecule has 7 heteroatoms. The summed E-state index contributed by atoms with van der Waals surface area (Å²) in [5.41, 5.74) is 2.12. The summed E-state index contributed by atoms with van der Waals surface area (Å²) in [6, 6.07) is 0. The highest BCUT2D eigenvalue weighted by atomic mass is 32.1. The number of nitrogens with zero attached hydrogens (tertiary/aromatic N) is 1. The molecule has 2 rings (SSSR count). The van der Waals surface area contributed by atoms with E-state index in [4.69, 9.17) is 4.74 Å². The van der Waals surface area contributed by atoms with Gasteiger partial charge in [-0.3, -0.25) is 9.59 Å². The summed E-state index contributed by atoms with van der Waals surface area (Å²) in [5.74, 6) is -2.36. The molecule has 1 aliphatic heterocycles. The average Bonchev–Trinajstić information content (AvgIpc) is 3.17. The maximum atomic E-state index is 12.8. The molecule has 0 saturated heterocycles. The number of ether oxygens (including phenoxy) is 1. The van der Waals surface area contributed by atoms with Crippen LogP contribution in [0.5, 0.6) is 0 Å². The molecule has 0 aromatic carbocycles. The number of aliphatic hydroxyl groups excluding tert-OH is 2. The van der Waals surface area contributed by atoms with Crippen molar-refractivity contribution in [2.75, 3.05) is 0 Å². The molecule has 0 bridgehead atoms. The lowest BCUT2D eigenvalue weighted by molar-refractivity contribution is -0.155. The first kappa shape index (κ1) is 27.4. The number of allylic oxidation sites excluding steroid dienone is 2. The van der Waals surface area contributed by atoms with E-state index in [1.807, 2.05) is 45.2 Å². The molecule has 0 fully saturated rings. The van der Waals surface area contributed by atoms with E-state index in [0.29, 0.717) is 12.8 Å². The molecule has 0 amide bonds. The number of Topliss-reactive ketones (excluding diaryl/α,β-unsaturated/α-hetero) is 1. The van der Waals surface area contributed by atoms with Crippen molar-refractivity contribution in [2.45, 2.75) is 85.5 Å². The highest BCUT2D eigenvalue weighted by Crippen LogP contribution is 2.25. The summed E-state index contributed by atoms with van der Waals surface area (Å²) in [5, 5.41) is 24.2. The average molecular weight is 478 g/mol. The van der Waals surface area contributed by atoms with Crippen LogP contribution in [0.2, 0.25) is 0 Å². The number of carbonyl (C=O) groups is 2. The predicted molar refractivity (Wildman–Crippen MR) is 131 cm³/mol. The highest BCUT2D eigenvalue weighted by molar-refractivity contribution is 7.09. The van der Waals surface area contributed by atoms with Gasteiger partial charge in [-0.25, -0.2) is 4.98 Å². The van der Waals surface area contributed by atoms with Crippen molar-refractivity contribution < 1.29 is 24.5 Å². The standard InChI is InChI=1S/C26H39NO5S/c1-15-8-7-9-16(2)25(30)19(5)26(31)18(4)22(28)13-24(29)32-23(11-10-15)17(3)12-21-14-33-20(6)27-21/h7,9-10,14,16-19,22-23,25,28,30H,8,11-13H2,1-6H3/b9-7+,15-10-/t16-,17+,18+,19+,22-,23?,25-/m0/s1. The van der Waals surface area contributed by atoms with Crippen molar-refractivity contribution in [1.82, 2.24) is 4.98 Å². The fourth-order valence-corrected chi connectivity index (χ4v) is 4.76. The van der Waals surface area contributed by atoms with Gasteiger partial charge in [-0.05, 0) is 32.6 Å². The number of ketones is 1. The Bertz CT molecular complexity index is 861. The van der Waals surface area contributed by atoms with Crippen LogP contribution in [0.4, 0.5) is 0 Å². The Kier molecular flexibility index (Phi) is 10.5. The summed E-state index contributed by atoms with van der Waals surface area (Å²) in [7, 11) is 0. The molecule has 0 radical (unpaired) electrons. The highest BCUT2D eigenvalue weighted by Gasteiger charge is 2.34. The third kappa shape index (κ3) is 8.16. The molecule has 184 valence electrons. The van der Waals surface area contributed by atoms with E-state index >= 15 is 0 Å². The second kappa shape index (κ2) is 12.6. The van der Waals surface area contributed by atoms with E-state index in [1.165, 1.54) is 0 Å². The van der Waals surface area contributed by atoms with Gasteiger partial charge in [0.2, 0.25) is 0 Å². The monoisotopic (exact) mass is 477 g/mol. The van der Waals surface area contributed by atoms with Crippen LogP contribution in [0.15, 0.2) is 29.2 Å². The third-order valence-corrected chi connectivity index (χ3v) is 7.42. The molecule has 0 saturated carbocycles. The zero-order chi connectivity index (χ0) is 24.7. The Morgan fingerprint density at radius 2 is 1.88 bits per heavy atom. The molecule has 7 atom stereocenters. The Labute approximate surface area is 201 Å². The van der Waals surface area contributed by atoms with Crippen molar-refractivity contribution in [3.63, 3.8) is 0 Å². The first-order chi connectivity index (χ1) is 15.5. The fourth-order valence-electron chi connectivity index (χ4n) is 4.14. The van der Waals surface area contributed by atoms with Crippen LogP contribution in [-0.4, -0.2) is 45.3 Å². The fraction of sp³-hybridized carbons (Fsp3) is 0.654. The number of aliphatic hydroxyl groups is 2. The topological polar surface area (TPSA) is 96.7 Å². The molecule has 0 aliphatic carbocycles. The summed E-state index contributed by atoms with van der Waals surface area (Å²) in [6.07, 6.45) is 5.37. The van der Waals surface area contributed by atoms with Gasteiger partial charge in [0.05, 0.1) is 29.3 Å². The third-order valence-electron chi connectivity index (χ3n) is 6.59. The van der Waals surface area contributed by atoms with Crippen LogP contribution in [0.25, 0.3) is 0 Å². The zero-order valence-electron chi connectivity index (χ0n) is 20.7. The van der Waals surface area contributed by atoms with E-state index in [9.17, 15) is 19.8 Å². The Hall–Kier alpha value is -1.83. The predicted octanol–water partition coefficient (Wildman–Crippen LogP) is 4.43. The number of hydrogen-bond acceptors (Lipinski definition) is 7. The van der Waals surface area contributed by atoms with Crippen molar-refractivity contribution in [1.29, 1.82) is 0 Å². The first-order valence-electron chi connectivity index (χ1n) is 11.8. The lowest BCUT2D eigenvalue weighted by Gasteiger charge is -2.27. The van der Waals surface area contributed by atoms with E-state index in [-0.39, 0.29) is 30.1 Å². The Morgan fingerprint density at radius 3 is 2.52 bits per heavy atom. The number of carbonyl (C=O) groups excluding carboxylic acids is 2. The van der Waals surface area contributed by atoms with Crippen LogP contribution in [-0.2, 0) is 20.7 Å². The summed E-state index contributed by atoms with van der Waals surface area (Å²) < 4.78 is 5.81. The smallest absolute Gasteiger partial charge is 0.308 e. The summed E-state index contributed by atoms with van der Waals surface area (Å²) in [6.45, 7) is 11.2. The molecule has 1 aromatic rings. The van der Waals surface area contributed by atoms with Crippen molar-refractivity contribution in [3.8, 4) is 0 Å². The van der Waals surface area contributed by atoms with E-state index in [1.54, 1.807) is 25.2 Å². The molecule has 1 aromatic heterocycles. The molecular weight excluding hydrogens is 438 g/mol. The number of rotatable bonds is 3. The van der Waals surface area contributed by atoms with Crippen molar-refractivity contribution in [3.05, 3.63) is 39.9 Å². The van der Waals surface area contributed by atoms with Gasteiger partial charge in [0.15, 0.2) is 0 Å². The summed E-state index contributed by atoms with van der Waals surface area (Å²) in [4.78, 5) is 30.1. The number of hydrogen-bond donors (Lipinski definition) is 2.